The zero-order chi connectivity index (χ0) is 21.3. The molecular weight excluding hydrogens is 422 g/mol. The molecule has 3 heterocycles. The molecule has 2 aliphatic rings. The molecule has 0 aromatic carbocycles. The average Bonchev–Trinajstić information content (AvgIpc) is 3.16. The van der Waals surface area contributed by atoms with Crippen molar-refractivity contribution in [2.75, 3.05) is 30.8 Å². The Morgan fingerprint density at radius 2 is 2.10 bits per heavy atom. The minimum Gasteiger partial charge on any atom is -0.390 e. The molecule has 0 radical (unpaired) electrons. The maximum Gasteiger partial charge on any atom is 0.153 e. The van der Waals surface area contributed by atoms with Crippen LogP contribution in [0, 0.1) is 12.3 Å². The molecule has 1 spiro atoms. The van der Waals surface area contributed by atoms with E-state index in [2.05, 4.69) is 9.88 Å². The fourth-order valence-electron chi connectivity index (χ4n) is 4.61. The lowest BCUT2D eigenvalue weighted by molar-refractivity contribution is 0.0894. The number of nitrogens with two attached hydrogens (primary N) is 1. The third-order valence-electron chi connectivity index (χ3n) is 6.43. The lowest BCUT2D eigenvalue weighted by Crippen LogP contribution is -2.40. The second-order valence-corrected chi connectivity index (χ2v) is 9.65. The molecule has 2 fully saturated rings. The van der Waals surface area contributed by atoms with E-state index in [9.17, 15) is 5.11 Å². The van der Waals surface area contributed by atoms with E-state index in [0.29, 0.717) is 27.3 Å². The van der Waals surface area contributed by atoms with Crippen molar-refractivity contribution >= 4 is 35.0 Å². The Kier molecular flexibility index (Phi) is 6.39. The van der Waals surface area contributed by atoms with Crippen molar-refractivity contribution in [1.82, 2.24) is 15.0 Å². The molecule has 9 heteroatoms. The van der Waals surface area contributed by atoms with Gasteiger partial charge in [-0.25, -0.2) is 15.0 Å². The second-order valence-electron chi connectivity index (χ2n) is 8.24. The molecule has 3 N–H and O–H groups in total. The molecule has 0 bridgehead atoms. The molecule has 1 atom stereocenters. The largest absolute Gasteiger partial charge is 0.390 e. The monoisotopic (exact) mass is 449 g/mol. The number of hydrogen-bond acceptors (Lipinski definition) is 8. The van der Waals surface area contributed by atoms with Gasteiger partial charge in [0.1, 0.15) is 16.5 Å². The number of anilines is 2. The van der Waals surface area contributed by atoms with Crippen molar-refractivity contribution in [1.29, 1.82) is 0 Å². The lowest BCUT2D eigenvalue weighted by Gasteiger charge is -2.40. The smallest absolute Gasteiger partial charge is 0.153 e. The van der Waals surface area contributed by atoms with E-state index in [-0.39, 0.29) is 12.4 Å². The van der Waals surface area contributed by atoms with Crippen LogP contribution in [0.4, 0.5) is 11.6 Å². The first kappa shape index (κ1) is 21.6. The molecule has 4 rings (SSSR count). The number of nitrogen functional groups attached to an aromatic ring is 1. The Morgan fingerprint density at radius 3 is 2.77 bits per heavy atom. The van der Waals surface area contributed by atoms with E-state index >= 15 is 0 Å². The topological polar surface area (TPSA) is 97.4 Å². The van der Waals surface area contributed by atoms with Crippen LogP contribution in [0.15, 0.2) is 22.2 Å². The van der Waals surface area contributed by atoms with Crippen molar-refractivity contribution in [2.24, 2.45) is 5.41 Å². The number of aliphatic hydroxyl groups excluding tert-OH is 1. The van der Waals surface area contributed by atoms with Crippen LogP contribution in [0.2, 0.25) is 5.02 Å². The van der Waals surface area contributed by atoms with Crippen LogP contribution >= 0.6 is 23.4 Å². The zero-order valence-corrected chi connectivity index (χ0v) is 19.0. The van der Waals surface area contributed by atoms with Crippen molar-refractivity contribution in [3.63, 3.8) is 0 Å². The minimum atomic E-state index is -0.157. The number of nitrogens with zero attached hydrogens (tertiary/aromatic N) is 4. The molecule has 0 amide bonds. The number of methoxy groups -OCH3 is 1. The van der Waals surface area contributed by atoms with Crippen LogP contribution in [0.5, 0.6) is 0 Å². The third-order valence-corrected chi connectivity index (χ3v) is 8.08. The fourth-order valence-corrected chi connectivity index (χ4v) is 5.72. The summed E-state index contributed by atoms with van der Waals surface area (Å²) >= 11 is 7.67. The summed E-state index contributed by atoms with van der Waals surface area (Å²) in [6.07, 6.45) is 7.82. The number of aromatic nitrogens is 3. The van der Waals surface area contributed by atoms with Crippen LogP contribution in [0.3, 0.4) is 0 Å². The van der Waals surface area contributed by atoms with Crippen molar-refractivity contribution in [2.45, 2.75) is 61.7 Å². The standard InChI is InChI=1S/C21H28ClN5O2S/c1-13-20(30-16-4-8-24-18(23)17(16)22)26-15(12-28)19(25-13)27-9-6-21(7-10-27)5-3-14(11-21)29-2/h4,8,14,28H,3,5-7,9-12H2,1-2H3,(H2,23,24)/t14-/m1/s1. The SMILES string of the molecule is CO[C@@H]1CCC2(CCN(c3nc(C)c(Sc4ccnc(N)c4Cl)nc3CO)CC2)C1. The average molecular weight is 450 g/mol. The highest BCUT2D eigenvalue weighted by Crippen LogP contribution is 2.47. The van der Waals surface area contributed by atoms with Crippen molar-refractivity contribution < 1.29 is 9.84 Å². The highest BCUT2D eigenvalue weighted by Gasteiger charge is 2.42. The number of piperidine rings is 1. The molecule has 30 heavy (non-hydrogen) atoms. The van der Waals surface area contributed by atoms with Gasteiger partial charge in [-0.2, -0.15) is 0 Å². The molecular formula is C21H28ClN5O2S. The normalized spacial score (nSPS) is 20.8. The van der Waals surface area contributed by atoms with Crippen LogP contribution in [-0.2, 0) is 11.3 Å². The van der Waals surface area contributed by atoms with Gasteiger partial charge in [-0.3, -0.25) is 0 Å². The fraction of sp³-hybridized carbons (Fsp3) is 0.571. The summed E-state index contributed by atoms with van der Waals surface area (Å²) in [6, 6.07) is 1.80. The van der Waals surface area contributed by atoms with Gasteiger partial charge in [0.25, 0.3) is 0 Å². The highest BCUT2D eigenvalue weighted by molar-refractivity contribution is 7.99. The quantitative estimate of drug-likeness (QED) is 0.710. The van der Waals surface area contributed by atoms with Crippen molar-refractivity contribution in [3.05, 3.63) is 28.7 Å². The first-order chi connectivity index (χ1) is 14.4. The summed E-state index contributed by atoms with van der Waals surface area (Å²) in [5.74, 6) is 1.08. The molecule has 162 valence electrons. The third kappa shape index (κ3) is 4.23. The summed E-state index contributed by atoms with van der Waals surface area (Å²) in [4.78, 5) is 16.6. The number of halogens is 1. The van der Waals surface area contributed by atoms with E-state index < -0.39 is 0 Å². The number of hydrogen-bond donors (Lipinski definition) is 2. The van der Waals surface area contributed by atoms with Gasteiger partial charge in [-0.1, -0.05) is 23.4 Å². The van der Waals surface area contributed by atoms with E-state index in [4.69, 9.17) is 32.0 Å². The number of rotatable bonds is 5. The van der Waals surface area contributed by atoms with Crippen LogP contribution in [0.25, 0.3) is 0 Å². The molecule has 2 aromatic heterocycles. The van der Waals surface area contributed by atoms with Crippen LogP contribution < -0.4 is 10.6 Å². The number of ether oxygens (including phenoxy) is 1. The summed E-state index contributed by atoms with van der Waals surface area (Å²) in [5, 5.41) is 11.1. The Balaban J connectivity index is 1.52. The summed E-state index contributed by atoms with van der Waals surface area (Å²) < 4.78 is 5.59. The van der Waals surface area contributed by atoms with Gasteiger partial charge < -0.3 is 20.5 Å². The minimum absolute atomic E-state index is 0.157. The molecule has 1 aliphatic carbocycles. The number of pyridine rings is 1. The van der Waals surface area contributed by atoms with Gasteiger partial charge in [0.15, 0.2) is 5.82 Å². The van der Waals surface area contributed by atoms with Gasteiger partial charge in [-0.15, -0.1) is 0 Å². The van der Waals surface area contributed by atoms with Crippen LogP contribution in [-0.4, -0.2) is 46.4 Å². The predicted molar refractivity (Wildman–Crippen MR) is 119 cm³/mol. The Bertz CT molecular complexity index is 921. The Hall–Kier alpha value is -1.61. The number of aliphatic hydroxyl groups is 1. The number of aryl methyl sites for hydroxylation is 1. The summed E-state index contributed by atoms with van der Waals surface area (Å²) in [6.45, 7) is 3.63. The molecule has 0 unspecified atom stereocenters. The summed E-state index contributed by atoms with van der Waals surface area (Å²) in [5.41, 5.74) is 7.61. The molecule has 1 saturated heterocycles. The van der Waals surface area contributed by atoms with Gasteiger partial charge in [-0.05, 0) is 50.5 Å². The van der Waals surface area contributed by atoms with Crippen LogP contribution in [0.1, 0.15) is 43.5 Å². The van der Waals surface area contributed by atoms with E-state index in [1.807, 2.05) is 14.0 Å². The van der Waals surface area contributed by atoms with Gasteiger partial charge in [0.2, 0.25) is 0 Å². The van der Waals surface area contributed by atoms with Gasteiger partial charge >= 0.3 is 0 Å². The highest BCUT2D eigenvalue weighted by atomic mass is 35.5. The van der Waals surface area contributed by atoms with Gasteiger partial charge in [0.05, 0.1) is 23.4 Å². The Morgan fingerprint density at radius 1 is 1.33 bits per heavy atom. The van der Waals surface area contributed by atoms with Crippen molar-refractivity contribution in [3.8, 4) is 0 Å². The van der Waals surface area contributed by atoms with Gasteiger partial charge in [0, 0.05) is 31.3 Å². The Labute approximate surface area is 186 Å². The van der Waals surface area contributed by atoms with E-state index in [0.717, 1.165) is 55.2 Å². The maximum absolute atomic E-state index is 9.99. The molecule has 7 nitrogen and oxygen atoms in total. The predicted octanol–water partition coefficient (Wildman–Crippen LogP) is 3.84. The first-order valence-corrected chi connectivity index (χ1v) is 11.5. The zero-order valence-electron chi connectivity index (χ0n) is 17.4. The lowest BCUT2D eigenvalue weighted by atomic mass is 9.77. The molecule has 1 aliphatic heterocycles. The summed E-state index contributed by atoms with van der Waals surface area (Å²) in [7, 11) is 1.82. The van der Waals surface area contributed by atoms with E-state index in [1.165, 1.54) is 18.2 Å². The molecule has 2 aromatic rings. The first-order valence-electron chi connectivity index (χ1n) is 10.3. The van der Waals surface area contributed by atoms with E-state index in [1.54, 1.807) is 12.3 Å². The second kappa shape index (κ2) is 8.86. The molecule has 1 saturated carbocycles. The maximum atomic E-state index is 9.99.